The summed E-state index contributed by atoms with van der Waals surface area (Å²) in [6, 6.07) is 0. The molecule has 2 aromatic rings. The maximum absolute atomic E-state index is 4.50. The number of halogens is 1. The van der Waals surface area contributed by atoms with Crippen LogP contribution in [0.15, 0.2) is 4.99 Å². The van der Waals surface area contributed by atoms with Crippen molar-refractivity contribution in [3.05, 3.63) is 27.2 Å². The molecule has 22 heavy (non-hydrogen) atoms. The SMILES string of the molecule is CN=C(NCc1nc(C)c(C)s1)NCc1nnc(C)n1C.I. The van der Waals surface area contributed by atoms with E-state index in [-0.39, 0.29) is 24.0 Å². The van der Waals surface area contributed by atoms with E-state index in [1.165, 1.54) is 4.88 Å². The van der Waals surface area contributed by atoms with Crippen molar-refractivity contribution in [2.24, 2.45) is 12.0 Å². The van der Waals surface area contributed by atoms with Crippen molar-refractivity contribution in [3.63, 3.8) is 0 Å². The summed E-state index contributed by atoms with van der Waals surface area (Å²) < 4.78 is 1.95. The number of hydrogen-bond donors (Lipinski definition) is 2. The molecule has 0 aliphatic rings. The number of aromatic nitrogens is 4. The molecule has 2 heterocycles. The average Bonchev–Trinajstić information content (AvgIpc) is 2.95. The lowest BCUT2D eigenvalue weighted by Crippen LogP contribution is -2.36. The molecule has 0 saturated carbocycles. The van der Waals surface area contributed by atoms with E-state index < -0.39 is 0 Å². The van der Waals surface area contributed by atoms with Gasteiger partial charge in [0.05, 0.1) is 18.8 Å². The summed E-state index contributed by atoms with van der Waals surface area (Å²) in [4.78, 5) is 9.95. The van der Waals surface area contributed by atoms with Gasteiger partial charge in [-0.25, -0.2) is 4.98 Å². The summed E-state index contributed by atoms with van der Waals surface area (Å²) in [5.41, 5.74) is 1.09. The number of rotatable bonds is 4. The first-order chi connectivity index (χ1) is 10.0. The van der Waals surface area contributed by atoms with Gasteiger partial charge in [-0.1, -0.05) is 0 Å². The second kappa shape index (κ2) is 8.42. The molecule has 0 atom stereocenters. The van der Waals surface area contributed by atoms with Gasteiger partial charge in [-0.15, -0.1) is 45.5 Å². The third-order valence-electron chi connectivity index (χ3n) is 3.30. The van der Waals surface area contributed by atoms with Gasteiger partial charge in [0.25, 0.3) is 0 Å². The number of guanidine groups is 1. The van der Waals surface area contributed by atoms with E-state index in [9.17, 15) is 0 Å². The predicted molar refractivity (Wildman–Crippen MR) is 99.8 cm³/mol. The zero-order valence-corrected chi connectivity index (χ0v) is 16.6. The molecule has 0 fully saturated rings. The summed E-state index contributed by atoms with van der Waals surface area (Å²) in [5, 5.41) is 15.7. The van der Waals surface area contributed by atoms with Gasteiger partial charge in [0, 0.05) is 19.0 Å². The van der Waals surface area contributed by atoms with Crippen LogP contribution in [0.5, 0.6) is 0 Å². The zero-order valence-electron chi connectivity index (χ0n) is 13.5. The first kappa shape index (κ1) is 18.8. The van der Waals surface area contributed by atoms with Crippen molar-refractivity contribution in [3.8, 4) is 0 Å². The fraction of sp³-hybridized carbons (Fsp3) is 0.538. The largest absolute Gasteiger partial charge is 0.350 e. The first-order valence-electron chi connectivity index (χ1n) is 6.73. The summed E-state index contributed by atoms with van der Waals surface area (Å²) in [6.45, 7) is 7.28. The van der Waals surface area contributed by atoms with Crippen LogP contribution >= 0.6 is 35.3 Å². The van der Waals surface area contributed by atoms with Gasteiger partial charge in [0.1, 0.15) is 10.8 Å². The van der Waals surface area contributed by atoms with Crippen molar-refractivity contribution in [2.75, 3.05) is 7.05 Å². The van der Waals surface area contributed by atoms with Crippen molar-refractivity contribution in [1.82, 2.24) is 30.4 Å². The normalized spacial score (nSPS) is 11.2. The highest BCUT2D eigenvalue weighted by molar-refractivity contribution is 14.0. The fourth-order valence-corrected chi connectivity index (χ4v) is 2.64. The lowest BCUT2D eigenvalue weighted by Gasteiger charge is -2.10. The standard InChI is InChI=1S/C13H21N7S.HI/c1-8-9(2)21-12(17-8)7-16-13(14-4)15-6-11-19-18-10(3)20(11)5;/h6-7H2,1-5H3,(H2,14,15,16);1H. The quantitative estimate of drug-likeness (QED) is 0.434. The van der Waals surface area contributed by atoms with E-state index in [1.807, 2.05) is 25.5 Å². The molecule has 2 aromatic heterocycles. The van der Waals surface area contributed by atoms with Gasteiger partial charge >= 0.3 is 0 Å². The minimum Gasteiger partial charge on any atom is -0.350 e. The van der Waals surface area contributed by atoms with Gasteiger partial charge < -0.3 is 15.2 Å². The monoisotopic (exact) mass is 435 g/mol. The third-order valence-corrected chi connectivity index (χ3v) is 4.37. The molecular formula is C13H22IN7S. The molecule has 122 valence electrons. The van der Waals surface area contributed by atoms with Crippen molar-refractivity contribution < 1.29 is 0 Å². The Morgan fingerprint density at radius 1 is 1.18 bits per heavy atom. The van der Waals surface area contributed by atoms with Crippen LogP contribution < -0.4 is 10.6 Å². The van der Waals surface area contributed by atoms with Crippen molar-refractivity contribution in [2.45, 2.75) is 33.9 Å². The van der Waals surface area contributed by atoms with Crippen LogP contribution in [0.1, 0.15) is 27.2 Å². The molecule has 0 amide bonds. The lowest BCUT2D eigenvalue weighted by molar-refractivity contribution is 0.717. The fourth-order valence-electron chi connectivity index (χ4n) is 1.76. The molecule has 0 aliphatic heterocycles. The molecule has 0 unspecified atom stereocenters. The van der Waals surface area contributed by atoms with E-state index in [4.69, 9.17) is 0 Å². The molecule has 9 heteroatoms. The highest BCUT2D eigenvalue weighted by atomic mass is 127. The van der Waals surface area contributed by atoms with Gasteiger partial charge in [0.15, 0.2) is 11.8 Å². The average molecular weight is 435 g/mol. The predicted octanol–water partition coefficient (Wildman–Crippen LogP) is 1.68. The van der Waals surface area contributed by atoms with Gasteiger partial charge in [0.2, 0.25) is 0 Å². The van der Waals surface area contributed by atoms with Crippen LogP contribution in [-0.4, -0.2) is 32.8 Å². The Labute approximate surface area is 151 Å². The minimum absolute atomic E-state index is 0. The Hall–Kier alpha value is -1.23. The van der Waals surface area contributed by atoms with Crippen molar-refractivity contribution >= 4 is 41.3 Å². The molecule has 2 N–H and O–H groups in total. The topological polar surface area (TPSA) is 80.0 Å². The van der Waals surface area contributed by atoms with Crippen LogP contribution in [-0.2, 0) is 20.1 Å². The number of nitrogens with one attached hydrogen (secondary N) is 2. The van der Waals surface area contributed by atoms with Gasteiger partial charge in [-0.05, 0) is 20.8 Å². The number of aliphatic imine (C=N–C) groups is 1. The maximum atomic E-state index is 4.50. The summed E-state index contributed by atoms with van der Waals surface area (Å²) in [7, 11) is 3.69. The van der Waals surface area contributed by atoms with Crippen molar-refractivity contribution in [1.29, 1.82) is 0 Å². The Balaban J connectivity index is 0.00000242. The Kier molecular flexibility index (Phi) is 7.20. The second-order valence-electron chi connectivity index (χ2n) is 4.75. The Morgan fingerprint density at radius 3 is 2.36 bits per heavy atom. The zero-order chi connectivity index (χ0) is 15.4. The van der Waals surface area contributed by atoms with E-state index in [2.05, 4.69) is 37.7 Å². The Morgan fingerprint density at radius 2 is 1.86 bits per heavy atom. The molecule has 0 aromatic carbocycles. The summed E-state index contributed by atoms with van der Waals surface area (Å²) >= 11 is 1.70. The lowest BCUT2D eigenvalue weighted by atomic mass is 10.4. The third kappa shape index (κ3) is 4.63. The molecule has 0 spiro atoms. The highest BCUT2D eigenvalue weighted by Crippen LogP contribution is 2.15. The van der Waals surface area contributed by atoms with Crippen LogP contribution in [0.3, 0.4) is 0 Å². The highest BCUT2D eigenvalue weighted by Gasteiger charge is 2.07. The van der Waals surface area contributed by atoms with Crippen LogP contribution in [0.25, 0.3) is 0 Å². The number of aryl methyl sites for hydroxylation is 3. The molecular weight excluding hydrogens is 413 g/mol. The number of thiazole rings is 1. The maximum Gasteiger partial charge on any atom is 0.191 e. The van der Waals surface area contributed by atoms with E-state index in [0.29, 0.717) is 13.1 Å². The number of hydrogen-bond acceptors (Lipinski definition) is 5. The van der Waals surface area contributed by atoms with E-state index in [1.54, 1.807) is 18.4 Å². The molecule has 7 nitrogen and oxygen atoms in total. The van der Waals surface area contributed by atoms with Gasteiger partial charge in [-0.2, -0.15) is 0 Å². The van der Waals surface area contributed by atoms with Crippen LogP contribution in [0.4, 0.5) is 0 Å². The first-order valence-corrected chi connectivity index (χ1v) is 7.55. The molecule has 0 saturated heterocycles. The molecule has 0 radical (unpaired) electrons. The smallest absolute Gasteiger partial charge is 0.191 e. The Bertz CT molecular complexity index is 627. The molecule has 2 rings (SSSR count). The van der Waals surface area contributed by atoms with E-state index in [0.717, 1.165) is 28.3 Å². The second-order valence-corrected chi connectivity index (χ2v) is 6.04. The minimum atomic E-state index is 0. The van der Waals surface area contributed by atoms with Gasteiger partial charge in [-0.3, -0.25) is 4.99 Å². The van der Waals surface area contributed by atoms with Crippen LogP contribution in [0.2, 0.25) is 0 Å². The summed E-state index contributed by atoms with van der Waals surface area (Å²) in [5.74, 6) is 2.49. The number of nitrogens with zero attached hydrogens (tertiary/aromatic N) is 5. The van der Waals surface area contributed by atoms with E-state index >= 15 is 0 Å². The molecule has 0 aliphatic carbocycles. The summed E-state index contributed by atoms with van der Waals surface area (Å²) in [6.07, 6.45) is 0. The molecule has 0 bridgehead atoms. The van der Waals surface area contributed by atoms with Crippen LogP contribution in [0, 0.1) is 20.8 Å².